The van der Waals surface area contributed by atoms with Gasteiger partial charge in [-0.1, -0.05) is 11.6 Å². The van der Waals surface area contributed by atoms with Gasteiger partial charge < -0.3 is 14.5 Å². The summed E-state index contributed by atoms with van der Waals surface area (Å²) in [5, 5.41) is 1.88. The van der Waals surface area contributed by atoms with Crippen LogP contribution in [0.3, 0.4) is 0 Å². The number of carbonyl (C=O) groups is 2. The Morgan fingerprint density at radius 1 is 1.17 bits per heavy atom. The molecule has 0 saturated carbocycles. The van der Waals surface area contributed by atoms with Gasteiger partial charge in [0.05, 0.1) is 31.2 Å². The molecular formula is C16H22ClN3O4. The first-order chi connectivity index (χ1) is 11.2. The number of halogens is 1. The van der Waals surface area contributed by atoms with Crippen LogP contribution in [-0.2, 0) is 14.4 Å². The SMILES string of the molecule is COC(=O)c1cc(Cl)nc(N2CCN(OC(=O)C(C)(C)C)CC2)c1. The number of methoxy groups -OCH3 is 1. The second kappa shape index (κ2) is 7.36. The molecule has 24 heavy (non-hydrogen) atoms. The lowest BCUT2D eigenvalue weighted by atomic mass is 9.98. The van der Waals surface area contributed by atoms with Gasteiger partial charge in [0.2, 0.25) is 0 Å². The zero-order valence-electron chi connectivity index (χ0n) is 14.3. The minimum atomic E-state index is -0.541. The summed E-state index contributed by atoms with van der Waals surface area (Å²) in [6, 6.07) is 3.12. The number of aromatic nitrogens is 1. The third-order valence-electron chi connectivity index (χ3n) is 3.59. The van der Waals surface area contributed by atoms with Crippen LogP contribution in [0.15, 0.2) is 12.1 Å². The molecule has 7 nitrogen and oxygen atoms in total. The Hall–Kier alpha value is -1.86. The number of rotatable bonds is 3. The number of hydroxylamine groups is 2. The molecule has 1 saturated heterocycles. The van der Waals surface area contributed by atoms with E-state index in [2.05, 4.69) is 4.98 Å². The maximum atomic E-state index is 11.9. The second-order valence-corrected chi connectivity index (χ2v) is 6.96. The molecule has 1 aliphatic rings. The molecule has 2 rings (SSSR count). The molecule has 8 heteroatoms. The van der Waals surface area contributed by atoms with E-state index in [9.17, 15) is 9.59 Å². The van der Waals surface area contributed by atoms with Crippen molar-refractivity contribution in [1.29, 1.82) is 0 Å². The Balaban J connectivity index is 2.01. The lowest BCUT2D eigenvalue weighted by Crippen LogP contribution is -2.48. The molecule has 1 aromatic heterocycles. The van der Waals surface area contributed by atoms with Gasteiger partial charge in [0.15, 0.2) is 0 Å². The number of ether oxygens (including phenoxy) is 1. The van der Waals surface area contributed by atoms with E-state index in [1.807, 2.05) is 25.7 Å². The highest BCUT2D eigenvalue weighted by molar-refractivity contribution is 6.29. The predicted octanol–water partition coefficient (Wildman–Crippen LogP) is 2.15. The molecule has 0 aromatic carbocycles. The highest BCUT2D eigenvalue weighted by Crippen LogP contribution is 2.21. The van der Waals surface area contributed by atoms with Crippen LogP contribution in [0, 0.1) is 5.41 Å². The average Bonchev–Trinajstić information content (AvgIpc) is 2.53. The van der Waals surface area contributed by atoms with Gasteiger partial charge in [0.1, 0.15) is 11.0 Å². The Morgan fingerprint density at radius 2 is 1.79 bits per heavy atom. The highest BCUT2D eigenvalue weighted by Gasteiger charge is 2.28. The zero-order valence-corrected chi connectivity index (χ0v) is 15.1. The van der Waals surface area contributed by atoms with E-state index >= 15 is 0 Å². The fourth-order valence-electron chi connectivity index (χ4n) is 2.14. The van der Waals surface area contributed by atoms with Gasteiger partial charge in [-0.15, -0.1) is 5.06 Å². The molecule has 2 heterocycles. The molecule has 1 aromatic rings. The summed E-state index contributed by atoms with van der Waals surface area (Å²) in [4.78, 5) is 35.2. The second-order valence-electron chi connectivity index (χ2n) is 6.57. The van der Waals surface area contributed by atoms with Crippen molar-refractivity contribution in [2.45, 2.75) is 20.8 Å². The van der Waals surface area contributed by atoms with Crippen molar-refractivity contribution in [1.82, 2.24) is 10.0 Å². The van der Waals surface area contributed by atoms with Gasteiger partial charge in [0, 0.05) is 13.1 Å². The number of hydrogen-bond donors (Lipinski definition) is 0. The van der Waals surface area contributed by atoms with E-state index in [1.54, 1.807) is 11.1 Å². The third kappa shape index (κ3) is 4.58. The Morgan fingerprint density at radius 3 is 2.33 bits per heavy atom. The van der Waals surface area contributed by atoms with Crippen LogP contribution in [0.5, 0.6) is 0 Å². The number of carbonyl (C=O) groups excluding carboxylic acids is 2. The molecule has 0 radical (unpaired) electrons. The standard InChI is InChI=1S/C16H22ClN3O4/c1-16(2,3)15(22)24-20-7-5-19(6-8-20)13-10-11(14(21)23-4)9-12(17)18-13/h9-10H,5-8H2,1-4H3. The summed E-state index contributed by atoms with van der Waals surface area (Å²) < 4.78 is 4.72. The van der Waals surface area contributed by atoms with Crippen molar-refractivity contribution in [3.05, 3.63) is 22.8 Å². The molecule has 0 unspecified atom stereocenters. The maximum Gasteiger partial charge on any atom is 0.338 e. The minimum absolute atomic E-state index is 0.231. The van der Waals surface area contributed by atoms with Gasteiger partial charge in [-0.05, 0) is 32.9 Å². The third-order valence-corrected chi connectivity index (χ3v) is 3.78. The van der Waals surface area contributed by atoms with Gasteiger partial charge in [-0.2, -0.15) is 0 Å². The van der Waals surface area contributed by atoms with E-state index in [0.29, 0.717) is 37.6 Å². The minimum Gasteiger partial charge on any atom is -0.465 e. The molecule has 0 spiro atoms. The van der Waals surface area contributed by atoms with Crippen LogP contribution in [0.2, 0.25) is 5.15 Å². The van der Waals surface area contributed by atoms with E-state index in [1.165, 1.54) is 13.2 Å². The van der Waals surface area contributed by atoms with E-state index in [0.717, 1.165) is 0 Å². The monoisotopic (exact) mass is 355 g/mol. The number of piperazine rings is 1. The Kier molecular flexibility index (Phi) is 5.66. The maximum absolute atomic E-state index is 11.9. The highest BCUT2D eigenvalue weighted by atomic mass is 35.5. The lowest BCUT2D eigenvalue weighted by molar-refractivity contribution is -0.201. The first-order valence-corrected chi connectivity index (χ1v) is 8.06. The van der Waals surface area contributed by atoms with Crippen LogP contribution in [0.25, 0.3) is 0 Å². The molecule has 1 fully saturated rings. The van der Waals surface area contributed by atoms with Crippen molar-refractivity contribution in [2.75, 3.05) is 38.2 Å². The summed E-state index contributed by atoms with van der Waals surface area (Å²) in [5.41, 5.74) is -0.185. The van der Waals surface area contributed by atoms with Crippen molar-refractivity contribution in [3.63, 3.8) is 0 Å². The van der Waals surface area contributed by atoms with Crippen molar-refractivity contribution in [2.24, 2.45) is 5.41 Å². The summed E-state index contributed by atoms with van der Waals surface area (Å²) >= 11 is 5.99. The average molecular weight is 356 g/mol. The number of esters is 1. The van der Waals surface area contributed by atoms with Crippen LogP contribution < -0.4 is 4.90 Å². The summed E-state index contributed by atoms with van der Waals surface area (Å²) in [7, 11) is 1.32. The molecule has 0 amide bonds. The molecule has 0 bridgehead atoms. The molecule has 132 valence electrons. The first-order valence-electron chi connectivity index (χ1n) is 7.69. The normalized spacial score (nSPS) is 16.0. The Labute approximate surface area is 146 Å². The molecule has 0 atom stereocenters. The molecule has 1 aliphatic heterocycles. The molecular weight excluding hydrogens is 334 g/mol. The van der Waals surface area contributed by atoms with Crippen molar-refractivity contribution in [3.8, 4) is 0 Å². The summed E-state index contributed by atoms with van der Waals surface area (Å²) in [6.45, 7) is 7.74. The van der Waals surface area contributed by atoms with Crippen molar-refractivity contribution < 1.29 is 19.2 Å². The largest absolute Gasteiger partial charge is 0.465 e. The predicted molar refractivity (Wildman–Crippen MR) is 89.9 cm³/mol. The van der Waals surface area contributed by atoms with Crippen LogP contribution in [0.1, 0.15) is 31.1 Å². The molecule has 0 N–H and O–H groups in total. The first kappa shape index (κ1) is 18.5. The summed E-state index contributed by atoms with van der Waals surface area (Å²) in [5.74, 6) is -0.118. The number of anilines is 1. The number of hydrogen-bond acceptors (Lipinski definition) is 7. The topological polar surface area (TPSA) is 72.0 Å². The zero-order chi connectivity index (χ0) is 17.9. The number of nitrogens with zero attached hydrogens (tertiary/aromatic N) is 3. The van der Waals surface area contributed by atoms with Crippen LogP contribution in [-0.4, -0.2) is 55.3 Å². The smallest absolute Gasteiger partial charge is 0.338 e. The van der Waals surface area contributed by atoms with Crippen LogP contribution in [0.4, 0.5) is 5.82 Å². The van der Waals surface area contributed by atoms with Gasteiger partial charge in [-0.25, -0.2) is 14.6 Å². The van der Waals surface area contributed by atoms with Gasteiger partial charge in [-0.3, -0.25) is 0 Å². The fourth-order valence-corrected chi connectivity index (χ4v) is 2.35. The van der Waals surface area contributed by atoms with E-state index < -0.39 is 11.4 Å². The van der Waals surface area contributed by atoms with Gasteiger partial charge in [0.25, 0.3) is 0 Å². The van der Waals surface area contributed by atoms with Gasteiger partial charge >= 0.3 is 11.9 Å². The quantitative estimate of drug-likeness (QED) is 0.607. The Bertz CT molecular complexity index is 622. The summed E-state index contributed by atoms with van der Waals surface area (Å²) in [6.07, 6.45) is 0. The van der Waals surface area contributed by atoms with Crippen molar-refractivity contribution >= 4 is 29.4 Å². The number of pyridine rings is 1. The molecule has 0 aliphatic carbocycles. The fraction of sp³-hybridized carbons (Fsp3) is 0.562. The van der Waals surface area contributed by atoms with Crippen LogP contribution >= 0.6 is 11.6 Å². The van der Waals surface area contributed by atoms with E-state index in [-0.39, 0.29) is 11.1 Å². The van der Waals surface area contributed by atoms with E-state index in [4.69, 9.17) is 21.2 Å². The lowest BCUT2D eigenvalue weighted by Gasteiger charge is -2.35.